The highest BCUT2D eigenvalue weighted by Gasteiger charge is 2.17. The quantitative estimate of drug-likeness (QED) is 0.396. The van der Waals surface area contributed by atoms with E-state index in [0.29, 0.717) is 0 Å². The van der Waals surface area contributed by atoms with Crippen molar-refractivity contribution in [3.05, 3.63) is 68.0 Å². The summed E-state index contributed by atoms with van der Waals surface area (Å²) in [4.78, 5) is 0.108. The first kappa shape index (κ1) is 16.0. The van der Waals surface area contributed by atoms with Crippen LogP contribution in [-0.2, 0) is 12.8 Å². The first-order chi connectivity index (χ1) is 9.56. The predicted molar refractivity (Wildman–Crippen MR) is 95.1 cm³/mol. The van der Waals surface area contributed by atoms with Gasteiger partial charge in [0, 0.05) is 3.57 Å². The summed E-state index contributed by atoms with van der Waals surface area (Å²) in [6.07, 6.45) is 2.02. The summed E-state index contributed by atoms with van der Waals surface area (Å²) in [6.45, 7) is 4.33. The van der Waals surface area contributed by atoms with Gasteiger partial charge >= 0.3 is 0 Å². The highest BCUT2D eigenvalue weighted by atomic mass is 127. The molecule has 0 aliphatic heterocycles. The minimum atomic E-state index is -0.184. The highest BCUT2D eigenvalue weighted by Crippen LogP contribution is 2.36. The van der Waals surface area contributed by atoms with Crippen molar-refractivity contribution in [2.45, 2.75) is 31.5 Å². The molecule has 0 spiro atoms. The molecule has 0 saturated carbocycles. The van der Waals surface area contributed by atoms with Crippen LogP contribution in [0.5, 0.6) is 0 Å². The lowest BCUT2D eigenvalue weighted by Crippen LogP contribution is -2.02. The zero-order valence-electron chi connectivity index (χ0n) is 11.6. The van der Waals surface area contributed by atoms with E-state index in [1.165, 1.54) is 22.8 Å². The zero-order valence-corrected chi connectivity index (χ0v) is 15.3. The fourth-order valence-corrected chi connectivity index (χ4v) is 4.34. The molecule has 1 unspecified atom stereocenters. The summed E-state index contributed by atoms with van der Waals surface area (Å²) in [5.41, 5.74) is 5.08. The van der Waals surface area contributed by atoms with Crippen LogP contribution in [0.1, 0.15) is 40.9 Å². The SMILES string of the molecule is CCc1ccc(CC)c(C(Br)c2ccc(F)cc2I)c1. The van der Waals surface area contributed by atoms with Gasteiger partial charge in [-0.25, -0.2) is 4.39 Å². The largest absolute Gasteiger partial charge is 0.207 e. The summed E-state index contributed by atoms with van der Waals surface area (Å²) in [7, 11) is 0. The van der Waals surface area contributed by atoms with Crippen LogP contribution >= 0.6 is 38.5 Å². The average Bonchev–Trinajstić information content (AvgIpc) is 2.46. The molecule has 0 aromatic heterocycles. The Kier molecular flexibility index (Phi) is 5.61. The maximum Gasteiger partial charge on any atom is 0.124 e. The number of benzene rings is 2. The second-order valence-corrected chi connectivity index (χ2v) is 6.85. The third kappa shape index (κ3) is 3.42. The van der Waals surface area contributed by atoms with Gasteiger partial charge in [0.05, 0.1) is 4.83 Å². The van der Waals surface area contributed by atoms with Crippen LogP contribution in [0, 0.1) is 9.39 Å². The van der Waals surface area contributed by atoms with Gasteiger partial charge in [0.2, 0.25) is 0 Å². The maximum atomic E-state index is 13.3. The molecule has 2 aromatic rings. The van der Waals surface area contributed by atoms with Crippen molar-refractivity contribution in [1.29, 1.82) is 0 Å². The van der Waals surface area contributed by atoms with Gasteiger partial charge in [0.1, 0.15) is 5.82 Å². The molecule has 0 saturated heterocycles. The Morgan fingerprint density at radius 3 is 2.40 bits per heavy atom. The van der Waals surface area contributed by atoms with E-state index in [4.69, 9.17) is 0 Å². The fourth-order valence-electron chi connectivity index (χ4n) is 2.30. The number of hydrogen-bond acceptors (Lipinski definition) is 0. The molecule has 1 atom stereocenters. The van der Waals surface area contributed by atoms with E-state index < -0.39 is 0 Å². The molecule has 2 aromatic carbocycles. The predicted octanol–water partition coefficient (Wildman–Crippen LogP) is 6.04. The van der Waals surface area contributed by atoms with Gasteiger partial charge in [-0.05, 0) is 69.8 Å². The Morgan fingerprint density at radius 1 is 1.05 bits per heavy atom. The molecule has 0 aliphatic rings. The minimum Gasteiger partial charge on any atom is -0.207 e. The van der Waals surface area contributed by atoms with Crippen molar-refractivity contribution in [2.75, 3.05) is 0 Å². The van der Waals surface area contributed by atoms with Gasteiger partial charge in [-0.1, -0.05) is 54.0 Å². The Balaban J connectivity index is 2.48. The first-order valence-corrected chi connectivity index (χ1v) is 8.77. The lowest BCUT2D eigenvalue weighted by Gasteiger charge is -2.17. The number of hydrogen-bond donors (Lipinski definition) is 0. The Bertz CT molecular complexity index is 610. The molecule has 0 heterocycles. The van der Waals surface area contributed by atoms with Crippen LogP contribution in [0.4, 0.5) is 4.39 Å². The van der Waals surface area contributed by atoms with E-state index in [2.05, 4.69) is 70.6 Å². The molecular formula is C17H17BrFI. The van der Waals surface area contributed by atoms with E-state index >= 15 is 0 Å². The van der Waals surface area contributed by atoms with Crippen LogP contribution in [-0.4, -0.2) is 0 Å². The molecule has 0 N–H and O–H groups in total. The Morgan fingerprint density at radius 2 is 1.80 bits per heavy atom. The molecule has 0 nitrogen and oxygen atoms in total. The van der Waals surface area contributed by atoms with E-state index in [1.807, 2.05) is 6.07 Å². The summed E-state index contributed by atoms with van der Waals surface area (Å²) in [6, 6.07) is 11.6. The number of halogens is 3. The minimum absolute atomic E-state index is 0.108. The Hall–Kier alpha value is -0.420. The van der Waals surface area contributed by atoms with Gasteiger partial charge in [-0.2, -0.15) is 0 Å². The van der Waals surface area contributed by atoms with Crippen molar-refractivity contribution >= 4 is 38.5 Å². The summed E-state index contributed by atoms with van der Waals surface area (Å²) < 4.78 is 14.2. The molecular weight excluding hydrogens is 430 g/mol. The lowest BCUT2D eigenvalue weighted by atomic mass is 9.95. The zero-order chi connectivity index (χ0) is 14.7. The molecule has 0 aliphatic carbocycles. The number of alkyl halides is 1. The topological polar surface area (TPSA) is 0 Å². The second-order valence-electron chi connectivity index (χ2n) is 4.77. The van der Waals surface area contributed by atoms with E-state index in [1.54, 1.807) is 6.07 Å². The summed E-state index contributed by atoms with van der Waals surface area (Å²) in [5, 5.41) is 0. The third-order valence-electron chi connectivity index (χ3n) is 3.51. The monoisotopic (exact) mass is 446 g/mol. The average molecular weight is 447 g/mol. The Labute approximate surface area is 142 Å². The molecule has 20 heavy (non-hydrogen) atoms. The molecule has 0 radical (unpaired) electrons. The van der Waals surface area contributed by atoms with Gasteiger partial charge in [0.15, 0.2) is 0 Å². The van der Waals surface area contributed by atoms with Crippen molar-refractivity contribution < 1.29 is 4.39 Å². The highest BCUT2D eigenvalue weighted by molar-refractivity contribution is 14.1. The molecule has 2 rings (SSSR count). The fraction of sp³-hybridized carbons (Fsp3) is 0.294. The maximum absolute atomic E-state index is 13.3. The van der Waals surface area contributed by atoms with Crippen molar-refractivity contribution in [2.24, 2.45) is 0 Å². The van der Waals surface area contributed by atoms with Crippen molar-refractivity contribution in [1.82, 2.24) is 0 Å². The molecule has 0 amide bonds. The van der Waals surface area contributed by atoms with Crippen LogP contribution in [0.15, 0.2) is 36.4 Å². The molecule has 3 heteroatoms. The van der Waals surface area contributed by atoms with Gasteiger partial charge in [0.25, 0.3) is 0 Å². The van der Waals surface area contributed by atoms with Crippen molar-refractivity contribution in [3.8, 4) is 0 Å². The van der Waals surface area contributed by atoms with Gasteiger partial charge < -0.3 is 0 Å². The number of aryl methyl sites for hydroxylation is 2. The first-order valence-electron chi connectivity index (χ1n) is 6.77. The van der Waals surface area contributed by atoms with Gasteiger partial charge in [-0.15, -0.1) is 0 Å². The number of rotatable bonds is 4. The standard InChI is InChI=1S/C17H17BrFI/c1-3-11-5-6-12(4-2)15(9-11)17(18)14-8-7-13(19)10-16(14)20/h5-10,17H,3-4H2,1-2H3. The molecule has 0 bridgehead atoms. The molecule has 106 valence electrons. The normalized spacial score (nSPS) is 12.4. The van der Waals surface area contributed by atoms with Crippen LogP contribution < -0.4 is 0 Å². The summed E-state index contributed by atoms with van der Waals surface area (Å²) in [5.74, 6) is -0.184. The van der Waals surface area contributed by atoms with Crippen LogP contribution in [0.25, 0.3) is 0 Å². The van der Waals surface area contributed by atoms with E-state index in [9.17, 15) is 4.39 Å². The van der Waals surface area contributed by atoms with Crippen molar-refractivity contribution in [3.63, 3.8) is 0 Å². The van der Waals surface area contributed by atoms with E-state index in [0.717, 1.165) is 22.0 Å². The van der Waals surface area contributed by atoms with Crippen LogP contribution in [0.2, 0.25) is 0 Å². The second kappa shape index (κ2) is 7.03. The molecule has 0 fully saturated rings. The third-order valence-corrected chi connectivity index (χ3v) is 5.43. The van der Waals surface area contributed by atoms with E-state index in [-0.39, 0.29) is 10.6 Å². The lowest BCUT2D eigenvalue weighted by molar-refractivity contribution is 0.626. The smallest absolute Gasteiger partial charge is 0.124 e. The summed E-state index contributed by atoms with van der Waals surface area (Å²) >= 11 is 6.00. The van der Waals surface area contributed by atoms with Crippen LogP contribution in [0.3, 0.4) is 0 Å². The van der Waals surface area contributed by atoms with Gasteiger partial charge in [-0.3, -0.25) is 0 Å².